The molecule has 0 N–H and O–H groups in total. The van der Waals surface area contributed by atoms with Gasteiger partial charge in [0, 0.05) is 0 Å². The number of benzene rings is 1. The molecule has 0 spiro atoms. The van der Waals surface area contributed by atoms with Gasteiger partial charge in [-0.3, -0.25) is 0 Å². The average Bonchev–Trinajstić information content (AvgIpc) is 2.07. The molecule has 0 amide bonds. The second-order valence-corrected chi connectivity index (χ2v) is 6.43. The van der Waals surface area contributed by atoms with Crippen LogP contribution in [-0.4, -0.2) is 55.2 Å². The number of nitrogens with zero attached hydrogens (tertiary/aromatic N) is 2. The van der Waals surface area contributed by atoms with Gasteiger partial charge < -0.3 is 0 Å². The molecule has 1 aromatic carbocycles. The Morgan fingerprint density at radius 3 is 1.93 bits per heavy atom. The number of rotatable bonds is 3. The predicted octanol–water partition coefficient (Wildman–Crippen LogP) is 0.541. The molecule has 0 heterocycles. The van der Waals surface area contributed by atoms with Crippen LogP contribution in [0.1, 0.15) is 0 Å². The van der Waals surface area contributed by atoms with Crippen LogP contribution >= 0.6 is 8.22 Å². The van der Waals surface area contributed by atoms with Crippen LogP contribution in [0.5, 0.6) is 0 Å². The standard InChI is InChI=1S/C10H16N2P.Li/c1-11(2)13(12(3)4)10-8-6-5-7-9-10;/h5-8H,1-4H3;. The zero-order chi connectivity index (χ0) is 10.7. The molecule has 4 heteroatoms. The number of hydrogen-bond acceptors (Lipinski definition) is 2. The maximum absolute atomic E-state index is 2.29. The fourth-order valence-electron chi connectivity index (χ4n) is 1.58. The van der Waals surface area contributed by atoms with Crippen molar-refractivity contribution in [2.24, 2.45) is 0 Å². The molecule has 0 aromatic heterocycles. The third-order valence-corrected chi connectivity index (χ3v) is 4.54. The second kappa shape index (κ2) is 5.31. The zero-order valence-corrected chi connectivity index (χ0v) is 10.5. The molecule has 0 atom stereocenters. The van der Waals surface area contributed by atoms with E-state index in [0.29, 0.717) is 0 Å². The molecule has 0 aliphatic rings. The molecule has 0 fully saturated rings. The second-order valence-electron chi connectivity index (χ2n) is 3.77. The van der Waals surface area contributed by atoms with Crippen molar-refractivity contribution >= 4 is 35.5 Å². The Morgan fingerprint density at radius 2 is 1.50 bits per heavy atom. The number of hydrogen-bond donors (Lipinski definition) is 0. The molecule has 0 saturated heterocycles. The van der Waals surface area contributed by atoms with E-state index in [4.69, 9.17) is 0 Å². The van der Waals surface area contributed by atoms with Crippen molar-refractivity contribution in [3.8, 4) is 0 Å². The first-order valence-corrected chi connectivity index (χ1v) is 5.99. The van der Waals surface area contributed by atoms with Gasteiger partial charge in [-0.15, -0.1) is 0 Å². The van der Waals surface area contributed by atoms with Crippen LogP contribution in [0.25, 0.3) is 0 Å². The molecule has 0 radical (unpaired) electrons. The minimum atomic E-state index is -0.328. The van der Waals surface area contributed by atoms with Gasteiger partial charge in [0.15, 0.2) is 0 Å². The van der Waals surface area contributed by atoms with Crippen molar-refractivity contribution in [2.45, 2.75) is 0 Å². The van der Waals surface area contributed by atoms with Gasteiger partial charge in [0.2, 0.25) is 0 Å². The molecule has 72 valence electrons. The summed E-state index contributed by atoms with van der Waals surface area (Å²) in [4.78, 5) is 0. The first-order valence-electron chi connectivity index (χ1n) is 4.74. The summed E-state index contributed by atoms with van der Waals surface area (Å²) in [6.07, 6.45) is 0. The van der Waals surface area contributed by atoms with Gasteiger partial charge in [-0.25, -0.2) is 0 Å². The van der Waals surface area contributed by atoms with Crippen molar-refractivity contribution in [2.75, 3.05) is 28.2 Å². The van der Waals surface area contributed by atoms with Crippen LogP contribution in [0.2, 0.25) is 0 Å². The monoisotopic (exact) mass is 202 g/mol. The molecule has 1 rings (SSSR count). The Balaban J connectivity index is 3.05. The van der Waals surface area contributed by atoms with Crippen molar-refractivity contribution in [3.63, 3.8) is 0 Å². The van der Waals surface area contributed by atoms with Crippen molar-refractivity contribution < 1.29 is 0 Å². The summed E-state index contributed by atoms with van der Waals surface area (Å²) in [6, 6.07) is 8.61. The van der Waals surface area contributed by atoms with Crippen LogP contribution in [-0.2, 0) is 0 Å². The normalized spacial score (nSPS) is 11.8. The van der Waals surface area contributed by atoms with E-state index in [9.17, 15) is 0 Å². The Morgan fingerprint density at radius 1 is 1.00 bits per heavy atom. The van der Waals surface area contributed by atoms with E-state index >= 15 is 0 Å². The van der Waals surface area contributed by atoms with Gasteiger partial charge in [-0.2, -0.15) is 0 Å². The van der Waals surface area contributed by atoms with Crippen LogP contribution in [0, 0.1) is 0 Å². The van der Waals surface area contributed by atoms with E-state index in [1.54, 1.807) is 0 Å². The van der Waals surface area contributed by atoms with Gasteiger partial charge in [0.1, 0.15) is 0 Å². The van der Waals surface area contributed by atoms with E-state index < -0.39 is 0 Å². The van der Waals surface area contributed by atoms with E-state index in [1.165, 1.54) is 9.54 Å². The Labute approximate surface area is 97.3 Å². The zero-order valence-electron chi connectivity index (χ0n) is 9.65. The Kier molecular flexibility index (Phi) is 4.64. The van der Waals surface area contributed by atoms with Crippen molar-refractivity contribution in [1.29, 1.82) is 0 Å². The van der Waals surface area contributed by atoms with Gasteiger partial charge in [0.05, 0.1) is 0 Å². The molecular formula is C10H16LiN2P. The molecule has 1 aromatic rings. The Hall–Kier alpha value is 0.167. The molecule has 2 nitrogen and oxygen atoms in total. The molecule has 0 aliphatic carbocycles. The minimum absolute atomic E-state index is 0.328. The van der Waals surface area contributed by atoms with Gasteiger partial charge in [-0.1, -0.05) is 0 Å². The first-order chi connectivity index (χ1) is 6.54. The molecular weight excluding hydrogens is 186 g/mol. The maximum atomic E-state index is 2.29. The molecule has 14 heavy (non-hydrogen) atoms. The fraction of sp³-hybridized carbons (Fsp3) is 0.400. The van der Waals surface area contributed by atoms with E-state index in [1.807, 2.05) is 0 Å². The van der Waals surface area contributed by atoms with Crippen LogP contribution in [0.15, 0.2) is 24.3 Å². The van der Waals surface area contributed by atoms with Crippen LogP contribution in [0.3, 0.4) is 0 Å². The third-order valence-electron chi connectivity index (χ3n) is 2.09. The Bertz CT molecular complexity index is 294. The summed E-state index contributed by atoms with van der Waals surface area (Å²) in [5.74, 6) is 0. The van der Waals surface area contributed by atoms with Gasteiger partial charge in [-0.05, 0) is 0 Å². The summed E-state index contributed by atoms with van der Waals surface area (Å²) in [5.41, 5.74) is 0. The molecule has 0 aliphatic heterocycles. The van der Waals surface area contributed by atoms with Crippen molar-refractivity contribution in [1.82, 2.24) is 9.34 Å². The first kappa shape index (κ1) is 12.2. The summed E-state index contributed by atoms with van der Waals surface area (Å²) >= 11 is 2.18. The SMILES string of the molecule is [Li][c]1ccccc1P(N(C)C)N(C)C. The topological polar surface area (TPSA) is 6.48 Å². The summed E-state index contributed by atoms with van der Waals surface area (Å²) < 4.78 is 5.95. The van der Waals surface area contributed by atoms with E-state index in [0.717, 1.165) is 0 Å². The summed E-state index contributed by atoms with van der Waals surface area (Å²) in [5, 5.41) is 1.44. The third kappa shape index (κ3) is 2.83. The predicted molar refractivity (Wildman–Crippen MR) is 65.8 cm³/mol. The average molecular weight is 202 g/mol. The molecule has 0 bridgehead atoms. The van der Waals surface area contributed by atoms with Crippen LogP contribution < -0.4 is 9.54 Å². The van der Waals surface area contributed by atoms with E-state index in [2.05, 4.69) is 79.5 Å². The summed E-state index contributed by atoms with van der Waals surface area (Å²) in [6.45, 7) is 0. The van der Waals surface area contributed by atoms with Gasteiger partial charge in [0.25, 0.3) is 0 Å². The van der Waals surface area contributed by atoms with Gasteiger partial charge >= 0.3 is 97.3 Å². The molecule has 0 saturated carbocycles. The quantitative estimate of drug-likeness (QED) is 0.521. The van der Waals surface area contributed by atoms with E-state index in [-0.39, 0.29) is 8.22 Å². The summed E-state index contributed by atoms with van der Waals surface area (Å²) in [7, 11) is 8.22. The van der Waals surface area contributed by atoms with Crippen LogP contribution in [0.4, 0.5) is 0 Å². The molecule has 0 unspecified atom stereocenters. The fourth-order valence-corrected chi connectivity index (χ4v) is 3.76. The van der Waals surface area contributed by atoms with Crippen molar-refractivity contribution in [3.05, 3.63) is 24.3 Å².